The summed E-state index contributed by atoms with van der Waals surface area (Å²) in [6.07, 6.45) is 2.21. The number of para-hydroxylation sites is 1. The molecule has 30 heavy (non-hydrogen) atoms. The van der Waals surface area contributed by atoms with E-state index in [-0.39, 0.29) is 31.3 Å². The van der Waals surface area contributed by atoms with Crippen molar-refractivity contribution in [3.05, 3.63) is 81.9 Å². The number of aryl methyl sites for hydroxylation is 1. The van der Waals surface area contributed by atoms with E-state index in [1.807, 2.05) is 67.0 Å². The van der Waals surface area contributed by atoms with Crippen LogP contribution in [0.1, 0.15) is 21.8 Å². The van der Waals surface area contributed by atoms with Crippen LogP contribution in [-0.2, 0) is 33.8 Å². The molecule has 152 valence electrons. The lowest BCUT2D eigenvalue weighted by Gasteiger charge is -2.04. The molecule has 7 heteroatoms. The van der Waals surface area contributed by atoms with Gasteiger partial charge < -0.3 is 15.0 Å². The Kier molecular flexibility index (Phi) is 5.90. The minimum atomic E-state index is -0.314. The van der Waals surface area contributed by atoms with E-state index in [1.54, 1.807) is 0 Å². The van der Waals surface area contributed by atoms with Crippen molar-refractivity contribution >= 4 is 39.8 Å². The van der Waals surface area contributed by atoms with Gasteiger partial charge in [-0.2, -0.15) is 0 Å². The number of anilines is 1. The van der Waals surface area contributed by atoms with E-state index in [9.17, 15) is 9.59 Å². The highest BCUT2D eigenvalue weighted by molar-refractivity contribution is 7.09. The molecule has 0 fully saturated rings. The standard InChI is InChI=1S/C23H21N3O3S/c1-15-6-8-17(9-7-15)25-21(27)11-22-26-18(14-30-22)13-29-23(28)10-16-12-24-20-5-3-2-4-19(16)20/h2-9,12,14,24H,10-11,13H2,1H3,(H,25,27). The number of H-pyrrole nitrogens is 1. The monoisotopic (exact) mass is 419 g/mol. The van der Waals surface area contributed by atoms with Gasteiger partial charge in [0.1, 0.15) is 11.6 Å². The molecule has 2 heterocycles. The first-order valence-corrected chi connectivity index (χ1v) is 10.5. The number of hydrogen-bond acceptors (Lipinski definition) is 5. The van der Waals surface area contributed by atoms with Crippen LogP contribution in [0.25, 0.3) is 10.9 Å². The molecule has 0 spiro atoms. The highest BCUT2D eigenvalue weighted by Gasteiger charge is 2.12. The molecular weight excluding hydrogens is 398 g/mol. The Bertz CT molecular complexity index is 1180. The number of carbonyl (C=O) groups is 2. The number of rotatable bonds is 7. The van der Waals surface area contributed by atoms with E-state index < -0.39 is 0 Å². The van der Waals surface area contributed by atoms with E-state index in [1.165, 1.54) is 11.3 Å². The molecule has 0 radical (unpaired) electrons. The van der Waals surface area contributed by atoms with Crippen molar-refractivity contribution in [3.8, 4) is 0 Å². The molecule has 4 rings (SSSR count). The summed E-state index contributed by atoms with van der Waals surface area (Å²) in [6, 6.07) is 15.5. The summed E-state index contributed by atoms with van der Waals surface area (Å²) in [6.45, 7) is 2.09. The van der Waals surface area contributed by atoms with Gasteiger partial charge in [-0.05, 0) is 30.7 Å². The maximum absolute atomic E-state index is 12.2. The van der Waals surface area contributed by atoms with Gasteiger partial charge in [-0.1, -0.05) is 35.9 Å². The third-order valence-electron chi connectivity index (χ3n) is 4.64. The summed E-state index contributed by atoms with van der Waals surface area (Å²) in [7, 11) is 0. The fourth-order valence-corrected chi connectivity index (χ4v) is 3.89. The van der Waals surface area contributed by atoms with Gasteiger partial charge in [0.25, 0.3) is 0 Å². The highest BCUT2D eigenvalue weighted by atomic mass is 32.1. The molecule has 2 aromatic carbocycles. The lowest BCUT2D eigenvalue weighted by atomic mass is 10.1. The zero-order valence-electron chi connectivity index (χ0n) is 16.5. The molecule has 0 atom stereocenters. The second kappa shape index (κ2) is 8.92. The van der Waals surface area contributed by atoms with Crippen LogP contribution in [0, 0.1) is 6.92 Å². The Morgan fingerprint density at radius 2 is 1.90 bits per heavy atom. The molecule has 0 aliphatic rings. The fourth-order valence-electron chi connectivity index (χ4n) is 3.11. The number of aromatic nitrogens is 2. The molecule has 1 amide bonds. The summed E-state index contributed by atoms with van der Waals surface area (Å²) in [5.74, 6) is -0.442. The summed E-state index contributed by atoms with van der Waals surface area (Å²) in [4.78, 5) is 32.0. The first kappa shape index (κ1) is 19.8. The maximum atomic E-state index is 12.2. The number of amides is 1. The number of nitrogens with one attached hydrogen (secondary N) is 2. The Labute approximate surface area is 177 Å². The van der Waals surface area contributed by atoms with Gasteiger partial charge >= 0.3 is 5.97 Å². The van der Waals surface area contributed by atoms with Crippen molar-refractivity contribution in [1.29, 1.82) is 0 Å². The summed E-state index contributed by atoms with van der Waals surface area (Å²) in [5.41, 5.74) is 4.44. The van der Waals surface area contributed by atoms with Gasteiger partial charge in [-0.15, -0.1) is 11.3 Å². The Hall–Kier alpha value is -3.45. The van der Waals surface area contributed by atoms with E-state index in [4.69, 9.17) is 4.74 Å². The summed E-state index contributed by atoms with van der Waals surface area (Å²) >= 11 is 1.38. The molecule has 0 aliphatic heterocycles. The van der Waals surface area contributed by atoms with Gasteiger partial charge in [-0.25, -0.2) is 4.98 Å². The van der Waals surface area contributed by atoms with Crippen LogP contribution in [0.3, 0.4) is 0 Å². The van der Waals surface area contributed by atoms with Crippen LogP contribution in [0.2, 0.25) is 0 Å². The zero-order chi connectivity index (χ0) is 20.9. The van der Waals surface area contributed by atoms with Crippen LogP contribution < -0.4 is 5.32 Å². The van der Waals surface area contributed by atoms with E-state index in [0.29, 0.717) is 10.7 Å². The molecule has 0 saturated carbocycles. The van der Waals surface area contributed by atoms with Gasteiger partial charge in [0, 0.05) is 28.2 Å². The second-order valence-electron chi connectivity index (χ2n) is 7.02. The molecule has 0 bridgehead atoms. The predicted molar refractivity (Wildman–Crippen MR) is 117 cm³/mol. The SMILES string of the molecule is Cc1ccc(NC(=O)Cc2nc(COC(=O)Cc3c[nH]c4ccccc34)cs2)cc1. The van der Waals surface area contributed by atoms with Crippen molar-refractivity contribution in [1.82, 2.24) is 9.97 Å². The van der Waals surface area contributed by atoms with Crippen molar-refractivity contribution in [2.45, 2.75) is 26.4 Å². The van der Waals surface area contributed by atoms with Crippen molar-refractivity contribution in [3.63, 3.8) is 0 Å². The lowest BCUT2D eigenvalue weighted by Crippen LogP contribution is -2.14. The summed E-state index contributed by atoms with van der Waals surface area (Å²) in [5, 5.41) is 6.37. The first-order chi connectivity index (χ1) is 14.6. The van der Waals surface area contributed by atoms with Crippen LogP contribution in [0.15, 0.2) is 60.1 Å². The van der Waals surface area contributed by atoms with E-state index in [0.717, 1.165) is 27.7 Å². The quantitative estimate of drug-likeness (QED) is 0.435. The normalized spacial score (nSPS) is 10.8. The van der Waals surface area contributed by atoms with Crippen LogP contribution in [-0.4, -0.2) is 21.8 Å². The zero-order valence-corrected chi connectivity index (χ0v) is 17.3. The number of nitrogens with zero attached hydrogens (tertiary/aromatic N) is 1. The van der Waals surface area contributed by atoms with Crippen LogP contribution in [0.5, 0.6) is 0 Å². The molecule has 2 N–H and O–H groups in total. The number of ether oxygens (including phenoxy) is 1. The number of fused-ring (bicyclic) bond motifs is 1. The van der Waals surface area contributed by atoms with Crippen LogP contribution >= 0.6 is 11.3 Å². The average Bonchev–Trinajstić information content (AvgIpc) is 3.35. The Morgan fingerprint density at radius 1 is 1.10 bits per heavy atom. The van der Waals surface area contributed by atoms with Crippen LogP contribution in [0.4, 0.5) is 5.69 Å². The van der Waals surface area contributed by atoms with Gasteiger partial charge in [0.2, 0.25) is 5.91 Å². The molecule has 2 aromatic heterocycles. The number of carbonyl (C=O) groups excluding carboxylic acids is 2. The van der Waals surface area contributed by atoms with Crippen molar-refractivity contribution in [2.75, 3.05) is 5.32 Å². The third kappa shape index (κ3) is 4.93. The van der Waals surface area contributed by atoms with Crippen molar-refractivity contribution in [2.24, 2.45) is 0 Å². The van der Waals surface area contributed by atoms with Gasteiger partial charge in [-0.3, -0.25) is 9.59 Å². The fraction of sp³-hybridized carbons (Fsp3) is 0.174. The largest absolute Gasteiger partial charge is 0.459 e. The van der Waals surface area contributed by atoms with Crippen molar-refractivity contribution < 1.29 is 14.3 Å². The number of aromatic amines is 1. The molecule has 0 aliphatic carbocycles. The first-order valence-electron chi connectivity index (χ1n) is 9.57. The topological polar surface area (TPSA) is 84.1 Å². The third-order valence-corrected chi connectivity index (χ3v) is 5.53. The maximum Gasteiger partial charge on any atom is 0.310 e. The molecular formula is C23H21N3O3S. The molecule has 0 unspecified atom stereocenters. The molecule has 6 nitrogen and oxygen atoms in total. The number of thiazole rings is 1. The van der Waals surface area contributed by atoms with Gasteiger partial charge in [0.15, 0.2) is 0 Å². The average molecular weight is 420 g/mol. The summed E-state index contributed by atoms with van der Waals surface area (Å²) < 4.78 is 5.37. The highest BCUT2D eigenvalue weighted by Crippen LogP contribution is 2.19. The molecule has 0 saturated heterocycles. The number of hydrogen-bond donors (Lipinski definition) is 2. The minimum Gasteiger partial charge on any atom is -0.459 e. The minimum absolute atomic E-state index is 0.0945. The van der Waals surface area contributed by atoms with E-state index in [2.05, 4.69) is 15.3 Å². The molecule has 4 aromatic rings. The lowest BCUT2D eigenvalue weighted by molar-refractivity contribution is -0.144. The van der Waals surface area contributed by atoms with E-state index >= 15 is 0 Å². The Balaban J connectivity index is 1.27. The predicted octanol–water partition coefficient (Wildman–Crippen LogP) is 4.40. The smallest absolute Gasteiger partial charge is 0.310 e. The van der Waals surface area contributed by atoms with Gasteiger partial charge in [0.05, 0.1) is 18.5 Å². The number of esters is 1. The Morgan fingerprint density at radius 3 is 2.73 bits per heavy atom. The second-order valence-corrected chi connectivity index (χ2v) is 7.96. The number of benzene rings is 2.